The molecule has 1 heterocycles. The number of hydrogen-bond acceptors (Lipinski definition) is 4. The number of amides is 1. The Balaban J connectivity index is 2.50. The Bertz CT molecular complexity index is 488. The maximum Gasteiger partial charge on any atom is 0.222 e. The third-order valence-electron chi connectivity index (χ3n) is 2.78. The van der Waals surface area contributed by atoms with Crippen LogP contribution >= 0.6 is 11.3 Å². The number of methoxy groups -OCH3 is 1. The molecule has 4 nitrogen and oxygen atoms in total. The molecule has 2 N–H and O–H groups in total. The number of hydrogen-bond donors (Lipinski definition) is 1. The molecule has 0 saturated carbocycles. The Morgan fingerprint density at radius 2 is 2.35 bits per heavy atom. The zero-order valence-corrected chi connectivity index (χ0v) is 13.1. The maximum absolute atomic E-state index is 12.0. The van der Waals surface area contributed by atoms with E-state index in [1.165, 1.54) is 0 Å². The lowest BCUT2D eigenvalue weighted by atomic mass is 10.1. The summed E-state index contributed by atoms with van der Waals surface area (Å²) in [5.74, 6) is 6.19. The van der Waals surface area contributed by atoms with Gasteiger partial charge in [0.05, 0.1) is 13.1 Å². The Labute approximate surface area is 124 Å². The smallest absolute Gasteiger partial charge is 0.222 e. The molecule has 0 aromatic carbocycles. The van der Waals surface area contributed by atoms with E-state index in [0.717, 1.165) is 10.4 Å². The van der Waals surface area contributed by atoms with Crippen molar-refractivity contribution in [2.45, 2.75) is 19.9 Å². The van der Waals surface area contributed by atoms with Gasteiger partial charge in [-0.25, -0.2) is 0 Å². The van der Waals surface area contributed by atoms with Gasteiger partial charge < -0.3 is 15.4 Å². The fourth-order valence-electron chi connectivity index (χ4n) is 1.80. The van der Waals surface area contributed by atoms with E-state index in [2.05, 4.69) is 11.8 Å². The van der Waals surface area contributed by atoms with Gasteiger partial charge in [0.15, 0.2) is 0 Å². The van der Waals surface area contributed by atoms with Gasteiger partial charge in [-0.1, -0.05) is 18.8 Å². The average molecular weight is 294 g/mol. The minimum absolute atomic E-state index is 0.137. The molecule has 1 aromatic rings. The minimum atomic E-state index is 0.137. The monoisotopic (exact) mass is 294 g/mol. The molecule has 0 bridgehead atoms. The van der Waals surface area contributed by atoms with Crippen molar-refractivity contribution < 1.29 is 9.53 Å². The van der Waals surface area contributed by atoms with E-state index >= 15 is 0 Å². The number of rotatable bonds is 6. The number of nitrogens with two attached hydrogens (primary N) is 1. The average Bonchev–Trinajstić information content (AvgIpc) is 2.84. The van der Waals surface area contributed by atoms with Gasteiger partial charge in [0.1, 0.15) is 0 Å². The lowest BCUT2D eigenvalue weighted by Crippen LogP contribution is -2.28. The molecule has 5 heteroatoms. The van der Waals surface area contributed by atoms with Gasteiger partial charge in [-0.2, -0.15) is 0 Å². The van der Waals surface area contributed by atoms with E-state index in [1.54, 1.807) is 23.3 Å². The molecule has 0 aliphatic carbocycles. The second-order valence-electron chi connectivity index (χ2n) is 4.82. The van der Waals surface area contributed by atoms with Crippen molar-refractivity contribution in [2.24, 2.45) is 11.7 Å². The zero-order valence-electron chi connectivity index (χ0n) is 12.3. The molecule has 0 aliphatic rings. The molecular weight excluding hydrogens is 272 g/mol. The number of ether oxygens (including phenoxy) is 1. The first-order chi connectivity index (χ1) is 9.56. The molecule has 0 fully saturated rings. The highest BCUT2D eigenvalue weighted by Gasteiger charge is 2.14. The fraction of sp³-hybridized carbons (Fsp3) is 0.533. The van der Waals surface area contributed by atoms with Crippen molar-refractivity contribution in [3.63, 3.8) is 0 Å². The number of carbonyl (C=O) groups is 1. The van der Waals surface area contributed by atoms with Gasteiger partial charge in [0, 0.05) is 43.0 Å². The Morgan fingerprint density at radius 3 is 3.00 bits per heavy atom. The van der Waals surface area contributed by atoms with Crippen LogP contribution in [-0.4, -0.2) is 38.1 Å². The van der Waals surface area contributed by atoms with E-state index < -0.39 is 0 Å². The fourth-order valence-corrected chi connectivity index (χ4v) is 2.67. The van der Waals surface area contributed by atoms with Gasteiger partial charge in [-0.15, -0.1) is 11.3 Å². The lowest BCUT2D eigenvalue weighted by Gasteiger charge is -2.18. The van der Waals surface area contributed by atoms with Gasteiger partial charge in [0.2, 0.25) is 5.91 Å². The van der Waals surface area contributed by atoms with Gasteiger partial charge in [0.25, 0.3) is 0 Å². The van der Waals surface area contributed by atoms with E-state index in [1.807, 2.05) is 25.4 Å². The zero-order chi connectivity index (χ0) is 15.0. The van der Waals surface area contributed by atoms with Crippen LogP contribution in [0.15, 0.2) is 11.4 Å². The van der Waals surface area contributed by atoms with Crippen molar-refractivity contribution in [1.29, 1.82) is 0 Å². The Morgan fingerprint density at radius 1 is 1.60 bits per heavy atom. The van der Waals surface area contributed by atoms with Crippen LogP contribution in [0.5, 0.6) is 0 Å². The standard InChI is InChI=1S/C15H22N2O2S/c1-12(10-19-3)7-15(18)17(2)9-14-8-13(11-20-14)5-4-6-16/h8,11-12H,6-7,9-10,16H2,1-3H3. The quantitative estimate of drug-likeness (QED) is 0.812. The van der Waals surface area contributed by atoms with Gasteiger partial charge in [-0.05, 0) is 12.0 Å². The topological polar surface area (TPSA) is 55.6 Å². The maximum atomic E-state index is 12.0. The number of thiophene rings is 1. The van der Waals surface area contributed by atoms with Crippen LogP contribution in [-0.2, 0) is 16.1 Å². The van der Waals surface area contributed by atoms with E-state index in [-0.39, 0.29) is 11.8 Å². The van der Waals surface area contributed by atoms with E-state index in [4.69, 9.17) is 10.5 Å². The molecule has 0 spiro atoms. The summed E-state index contributed by atoms with van der Waals surface area (Å²) in [5.41, 5.74) is 6.30. The van der Waals surface area contributed by atoms with Crippen LogP contribution in [0.2, 0.25) is 0 Å². The highest BCUT2D eigenvalue weighted by molar-refractivity contribution is 7.10. The summed E-state index contributed by atoms with van der Waals surface area (Å²) in [6, 6.07) is 2.01. The second kappa shape index (κ2) is 8.75. The molecule has 1 unspecified atom stereocenters. The van der Waals surface area contributed by atoms with Crippen LogP contribution in [0.1, 0.15) is 23.8 Å². The lowest BCUT2D eigenvalue weighted by molar-refractivity contribution is -0.131. The van der Waals surface area contributed by atoms with Crippen molar-refractivity contribution in [2.75, 3.05) is 27.3 Å². The predicted molar refractivity (Wildman–Crippen MR) is 82.4 cm³/mol. The highest BCUT2D eigenvalue weighted by atomic mass is 32.1. The first-order valence-corrected chi connectivity index (χ1v) is 7.44. The van der Waals surface area contributed by atoms with Gasteiger partial charge >= 0.3 is 0 Å². The third kappa shape index (κ3) is 5.74. The molecule has 1 aromatic heterocycles. The summed E-state index contributed by atoms with van der Waals surface area (Å²) in [6.07, 6.45) is 0.509. The molecule has 0 aliphatic heterocycles. The highest BCUT2D eigenvalue weighted by Crippen LogP contribution is 2.16. The summed E-state index contributed by atoms with van der Waals surface area (Å²) in [5, 5.41) is 1.99. The molecule has 110 valence electrons. The van der Waals surface area contributed by atoms with Crippen LogP contribution in [0.3, 0.4) is 0 Å². The van der Waals surface area contributed by atoms with Crippen LogP contribution < -0.4 is 5.73 Å². The summed E-state index contributed by atoms with van der Waals surface area (Å²) in [4.78, 5) is 14.9. The number of nitrogens with zero attached hydrogens (tertiary/aromatic N) is 1. The molecule has 1 rings (SSSR count). The SMILES string of the molecule is COCC(C)CC(=O)N(C)Cc1cc(C#CCN)cs1. The van der Waals surface area contributed by atoms with Crippen LogP contribution in [0.4, 0.5) is 0 Å². The van der Waals surface area contributed by atoms with Crippen LogP contribution in [0, 0.1) is 17.8 Å². The Hall–Kier alpha value is -1.35. The summed E-state index contributed by atoms with van der Waals surface area (Å²) in [7, 11) is 3.48. The summed E-state index contributed by atoms with van der Waals surface area (Å²) >= 11 is 1.61. The van der Waals surface area contributed by atoms with E-state index in [0.29, 0.717) is 26.1 Å². The molecule has 0 radical (unpaired) electrons. The summed E-state index contributed by atoms with van der Waals surface area (Å²) in [6.45, 7) is 3.60. The number of carbonyl (C=O) groups excluding carboxylic acids is 1. The molecule has 1 amide bonds. The van der Waals surface area contributed by atoms with Crippen molar-refractivity contribution in [3.05, 3.63) is 21.9 Å². The Kier molecular flexibility index (Phi) is 7.31. The van der Waals surface area contributed by atoms with Crippen molar-refractivity contribution >= 4 is 17.2 Å². The normalized spacial score (nSPS) is 11.6. The first kappa shape index (κ1) is 16.7. The largest absolute Gasteiger partial charge is 0.384 e. The second-order valence-corrected chi connectivity index (χ2v) is 5.82. The van der Waals surface area contributed by atoms with Crippen LogP contribution in [0.25, 0.3) is 0 Å². The van der Waals surface area contributed by atoms with Crippen molar-refractivity contribution in [3.8, 4) is 11.8 Å². The summed E-state index contributed by atoms with van der Waals surface area (Å²) < 4.78 is 5.05. The van der Waals surface area contributed by atoms with Crippen molar-refractivity contribution in [1.82, 2.24) is 4.90 Å². The minimum Gasteiger partial charge on any atom is -0.384 e. The first-order valence-electron chi connectivity index (χ1n) is 6.56. The molecule has 0 saturated heterocycles. The third-order valence-corrected chi connectivity index (χ3v) is 3.70. The van der Waals surface area contributed by atoms with E-state index in [9.17, 15) is 4.79 Å². The molecule has 20 heavy (non-hydrogen) atoms. The molecule has 1 atom stereocenters. The predicted octanol–water partition coefficient (Wildman–Crippen LogP) is 1.69. The van der Waals surface area contributed by atoms with Gasteiger partial charge in [-0.3, -0.25) is 4.79 Å². The molecular formula is C15H22N2O2S.